The van der Waals surface area contributed by atoms with Crippen LogP contribution in [0.5, 0.6) is 0 Å². The summed E-state index contributed by atoms with van der Waals surface area (Å²) >= 11 is 6.45. The molecule has 28 heavy (non-hydrogen) atoms. The second-order valence-corrected chi connectivity index (χ2v) is 7.08. The van der Waals surface area contributed by atoms with E-state index in [-0.39, 0.29) is 5.69 Å². The molecule has 0 bridgehead atoms. The first-order valence-corrected chi connectivity index (χ1v) is 9.23. The Morgan fingerprint density at radius 3 is 2.36 bits per heavy atom. The zero-order valence-corrected chi connectivity index (χ0v) is 16.7. The monoisotopic (exact) mass is 393 g/mol. The van der Waals surface area contributed by atoms with Gasteiger partial charge in [-0.3, -0.25) is 10.1 Å². The molecule has 1 heterocycles. The molecule has 0 aliphatic rings. The van der Waals surface area contributed by atoms with Gasteiger partial charge in [-0.15, -0.1) is 0 Å². The van der Waals surface area contributed by atoms with Crippen molar-refractivity contribution in [3.63, 3.8) is 0 Å². The maximum absolute atomic E-state index is 10.7. The molecule has 142 valence electrons. The molecule has 0 saturated carbocycles. The highest BCUT2D eigenvalue weighted by atomic mass is 35.5. The van der Waals surface area contributed by atoms with Crippen LogP contribution in [0.1, 0.15) is 39.3 Å². The third-order valence-electron chi connectivity index (χ3n) is 4.57. The normalized spacial score (nSPS) is 11.1. The second-order valence-electron chi connectivity index (χ2n) is 6.73. The van der Waals surface area contributed by atoms with Crippen LogP contribution in [-0.2, 0) is 6.42 Å². The SMILES string of the molecule is Cc1ccc(Cc2c(C)nc(/C=C/c3ccc([N+](=O)[O-])cc3)nc2Cl)c(C)c1. The quantitative estimate of drug-likeness (QED) is 0.315. The molecule has 0 spiro atoms. The number of hydrogen-bond acceptors (Lipinski definition) is 4. The molecular formula is C22H20ClN3O2. The van der Waals surface area contributed by atoms with Crippen LogP contribution in [0, 0.1) is 30.9 Å². The van der Waals surface area contributed by atoms with Gasteiger partial charge >= 0.3 is 0 Å². The summed E-state index contributed by atoms with van der Waals surface area (Å²) in [5.41, 5.74) is 6.29. The van der Waals surface area contributed by atoms with Gasteiger partial charge in [0.15, 0.2) is 5.82 Å². The smallest absolute Gasteiger partial charge is 0.258 e. The molecule has 0 amide bonds. The van der Waals surface area contributed by atoms with Crippen LogP contribution >= 0.6 is 11.6 Å². The molecule has 0 atom stereocenters. The number of nitro groups is 1. The summed E-state index contributed by atoms with van der Waals surface area (Å²) in [5.74, 6) is 0.505. The van der Waals surface area contributed by atoms with Crippen molar-refractivity contribution < 1.29 is 4.92 Å². The summed E-state index contributed by atoms with van der Waals surface area (Å²) in [6, 6.07) is 12.6. The van der Waals surface area contributed by atoms with Gasteiger partial charge in [-0.05, 0) is 55.7 Å². The van der Waals surface area contributed by atoms with E-state index in [0.29, 0.717) is 17.4 Å². The highest BCUT2D eigenvalue weighted by molar-refractivity contribution is 6.30. The fourth-order valence-corrected chi connectivity index (χ4v) is 3.26. The Labute approximate surface area is 168 Å². The Balaban J connectivity index is 1.82. The lowest BCUT2D eigenvalue weighted by molar-refractivity contribution is -0.384. The predicted octanol–water partition coefficient (Wildman–Crippen LogP) is 5.72. The molecule has 0 N–H and O–H groups in total. The van der Waals surface area contributed by atoms with E-state index in [4.69, 9.17) is 11.6 Å². The van der Waals surface area contributed by atoms with Gasteiger partial charge in [-0.1, -0.05) is 41.4 Å². The van der Waals surface area contributed by atoms with Gasteiger partial charge in [0.05, 0.1) is 4.92 Å². The van der Waals surface area contributed by atoms with Crippen molar-refractivity contribution in [3.8, 4) is 0 Å². The predicted molar refractivity (Wildman–Crippen MR) is 113 cm³/mol. The first kappa shape index (κ1) is 19.7. The lowest BCUT2D eigenvalue weighted by Crippen LogP contribution is -2.02. The number of benzene rings is 2. The molecule has 0 radical (unpaired) electrons. The molecule has 2 aromatic carbocycles. The lowest BCUT2D eigenvalue weighted by atomic mass is 9.99. The topological polar surface area (TPSA) is 68.9 Å². The molecule has 6 heteroatoms. The van der Waals surface area contributed by atoms with Crippen molar-refractivity contribution in [1.82, 2.24) is 9.97 Å². The van der Waals surface area contributed by atoms with Crippen LogP contribution in [0.15, 0.2) is 42.5 Å². The maximum Gasteiger partial charge on any atom is 0.269 e. The number of halogens is 1. The molecule has 1 aromatic heterocycles. The molecule has 0 aliphatic heterocycles. The minimum Gasteiger partial charge on any atom is -0.258 e. The van der Waals surface area contributed by atoms with Crippen LogP contribution in [0.4, 0.5) is 5.69 Å². The Bertz CT molecular complexity index is 1040. The summed E-state index contributed by atoms with van der Waals surface area (Å²) in [7, 11) is 0. The Hall–Kier alpha value is -3.05. The first-order valence-electron chi connectivity index (χ1n) is 8.85. The van der Waals surface area contributed by atoms with Crippen molar-refractivity contribution in [1.29, 1.82) is 0 Å². The summed E-state index contributed by atoms with van der Waals surface area (Å²) in [5, 5.41) is 11.2. The van der Waals surface area contributed by atoms with Crippen molar-refractivity contribution >= 4 is 29.4 Å². The van der Waals surface area contributed by atoms with Gasteiger partial charge in [-0.25, -0.2) is 9.97 Å². The van der Waals surface area contributed by atoms with Gasteiger partial charge in [0.25, 0.3) is 5.69 Å². The number of aromatic nitrogens is 2. The highest BCUT2D eigenvalue weighted by Crippen LogP contribution is 2.23. The van der Waals surface area contributed by atoms with Crippen LogP contribution in [0.2, 0.25) is 5.15 Å². The van der Waals surface area contributed by atoms with E-state index in [2.05, 4.69) is 42.0 Å². The van der Waals surface area contributed by atoms with E-state index >= 15 is 0 Å². The van der Waals surface area contributed by atoms with Gasteiger partial charge in [0.2, 0.25) is 0 Å². The average Bonchev–Trinajstić information content (AvgIpc) is 2.65. The second kappa shape index (κ2) is 8.31. The first-order chi connectivity index (χ1) is 13.3. The van der Waals surface area contributed by atoms with E-state index in [1.807, 2.05) is 6.92 Å². The highest BCUT2D eigenvalue weighted by Gasteiger charge is 2.11. The third kappa shape index (κ3) is 4.61. The molecule has 0 unspecified atom stereocenters. The molecule has 5 nitrogen and oxygen atoms in total. The van der Waals surface area contributed by atoms with Crippen molar-refractivity contribution in [3.05, 3.63) is 97.1 Å². The fourth-order valence-electron chi connectivity index (χ4n) is 2.97. The van der Waals surface area contributed by atoms with Crippen LogP contribution in [0.3, 0.4) is 0 Å². The minimum absolute atomic E-state index is 0.0584. The van der Waals surface area contributed by atoms with Crippen LogP contribution in [-0.4, -0.2) is 14.9 Å². The Kier molecular flexibility index (Phi) is 5.85. The lowest BCUT2D eigenvalue weighted by Gasteiger charge is -2.11. The van der Waals surface area contributed by atoms with Crippen molar-refractivity contribution in [2.75, 3.05) is 0 Å². The molecule has 0 aliphatic carbocycles. The van der Waals surface area contributed by atoms with Crippen LogP contribution < -0.4 is 0 Å². The van der Waals surface area contributed by atoms with Gasteiger partial charge < -0.3 is 0 Å². The summed E-state index contributed by atoms with van der Waals surface area (Å²) in [4.78, 5) is 19.2. The molecule has 3 rings (SSSR count). The number of aryl methyl sites for hydroxylation is 3. The molecule has 3 aromatic rings. The summed E-state index contributed by atoms with van der Waals surface area (Å²) in [6.45, 7) is 6.09. The van der Waals surface area contributed by atoms with E-state index in [0.717, 1.165) is 16.8 Å². The van der Waals surface area contributed by atoms with Crippen molar-refractivity contribution in [2.45, 2.75) is 27.2 Å². The fraction of sp³-hybridized carbons (Fsp3) is 0.182. The maximum atomic E-state index is 10.7. The van der Waals surface area contributed by atoms with Gasteiger partial charge in [-0.2, -0.15) is 0 Å². The molecule has 0 saturated heterocycles. The standard InChI is InChI=1S/C22H20ClN3O2/c1-14-4-8-18(15(2)12-14)13-20-16(3)24-21(25-22(20)23)11-7-17-5-9-19(10-6-17)26(27)28/h4-12H,13H2,1-3H3/b11-7+. The summed E-state index contributed by atoms with van der Waals surface area (Å²) < 4.78 is 0. The van der Waals surface area contributed by atoms with E-state index in [9.17, 15) is 10.1 Å². The van der Waals surface area contributed by atoms with Gasteiger partial charge in [0.1, 0.15) is 5.15 Å². The number of rotatable bonds is 5. The van der Waals surface area contributed by atoms with Crippen molar-refractivity contribution in [2.24, 2.45) is 0 Å². The van der Waals surface area contributed by atoms with E-state index in [1.54, 1.807) is 24.3 Å². The van der Waals surface area contributed by atoms with E-state index in [1.165, 1.54) is 28.8 Å². The largest absolute Gasteiger partial charge is 0.269 e. The zero-order valence-electron chi connectivity index (χ0n) is 15.9. The molecular weight excluding hydrogens is 374 g/mol. The number of nitro benzene ring substituents is 1. The minimum atomic E-state index is -0.422. The summed E-state index contributed by atoms with van der Waals surface area (Å²) in [6.07, 6.45) is 4.24. The Morgan fingerprint density at radius 1 is 1.04 bits per heavy atom. The number of nitrogens with zero attached hydrogens (tertiary/aromatic N) is 3. The Morgan fingerprint density at radius 2 is 1.75 bits per heavy atom. The number of non-ortho nitro benzene ring substituents is 1. The van der Waals surface area contributed by atoms with Crippen LogP contribution in [0.25, 0.3) is 12.2 Å². The average molecular weight is 394 g/mol. The zero-order chi connectivity index (χ0) is 20.3. The van der Waals surface area contributed by atoms with Gasteiger partial charge in [0, 0.05) is 29.8 Å². The third-order valence-corrected chi connectivity index (χ3v) is 4.89. The van der Waals surface area contributed by atoms with E-state index < -0.39 is 4.92 Å². The number of hydrogen-bond donors (Lipinski definition) is 0. The molecule has 0 fully saturated rings.